The van der Waals surface area contributed by atoms with E-state index in [2.05, 4.69) is 4.90 Å². The highest BCUT2D eigenvalue weighted by molar-refractivity contribution is 5.08. The minimum atomic E-state index is 0.148. The summed E-state index contributed by atoms with van der Waals surface area (Å²) in [5.41, 5.74) is 6.31. The van der Waals surface area contributed by atoms with Gasteiger partial charge in [0.05, 0.1) is 0 Å². The molecule has 12 heavy (non-hydrogen) atoms. The highest BCUT2D eigenvalue weighted by atomic mass is 16.3. The number of rotatable bonds is 4. The topological polar surface area (TPSA) is 49.5 Å². The van der Waals surface area contributed by atoms with Gasteiger partial charge in [0.25, 0.3) is 0 Å². The Labute approximate surface area is 73.5 Å². The van der Waals surface area contributed by atoms with Crippen molar-refractivity contribution in [3.63, 3.8) is 0 Å². The van der Waals surface area contributed by atoms with Crippen molar-refractivity contribution in [3.8, 4) is 0 Å². The Kier molecular flexibility index (Phi) is 2.10. The van der Waals surface area contributed by atoms with E-state index in [1.807, 2.05) is 0 Å². The van der Waals surface area contributed by atoms with E-state index in [4.69, 9.17) is 10.8 Å². The van der Waals surface area contributed by atoms with E-state index < -0.39 is 0 Å². The van der Waals surface area contributed by atoms with E-state index in [9.17, 15) is 0 Å². The van der Waals surface area contributed by atoms with Gasteiger partial charge in [0.15, 0.2) is 0 Å². The van der Waals surface area contributed by atoms with Crippen LogP contribution in [0.2, 0.25) is 0 Å². The van der Waals surface area contributed by atoms with Crippen molar-refractivity contribution in [2.75, 3.05) is 26.2 Å². The van der Waals surface area contributed by atoms with Crippen LogP contribution in [0.1, 0.15) is 19.3 Å². The third-order valence-electron chi connectivity index (χ3n) is 3.06. The molecule has 2 aliphatic rings. The second-order valence-electron chi connectivity index (χ2n) is 4.30. The predicted octanol–water partition coefficient (Wildman–Crippen LogP) is -0.208. The lowest BCUT2D eigenvalue weighted by Crippen LogP contribution is -2.68. The molecule has 0 aromatic carbocycles. The monoisotopic (exact) mass is 170 g/mol. The van der Waals surface area contributed by atoms with Crippen LogP contribution in [-0.2, 0) is 0 Å². The van der Waals surface area contributed by atoms with Crippen molar-refractivity contribution in [1.82, 2.24) is 4.90 Å². The predicted molar refractivity (Wildman–Crippen MR) is 47.8 cm³/mol. The van der Waals surface area contributed by atoms with Crippen LogP contribution in [0.4, 0.5) is 0 Å². The summed E-state index contributed by atoms with van der Waals surface area (Å²) in [4.78, 5) is 2.34. The molecule has 1 heterocycles. The molecule has 0 atom stereocenters. The largest absolute Gasteiger partial charge is 0.396 e. The van der Waals surface area contributed by atoms with Crippen LogP contribution in [0, 0.1) is 5.92 Å². The lowest BCUT2D eigenvalue weighted by Gasteiger charge is -2.48. The summed E-state index contributed by atoms with van der Waals surface area (Å²) in [6.07, 6.45) is 3.56. The summed E-state index contributed by atoms with van der Waals surface area (Å²) in [6, 6.07) is 0. The first-order valence-corrected chi connectivity index (χ1v) is 4.87. The summed E-state index contributed by atoms with van der Waals surface area (Å²) in [7, 11) is 0. The van der Waals surface area contributed by atoms with Gasteiger partial charge in [-0.15, -0.1) is 0 Å². The normalized spacial score (nSPS) is 28.5. The standard InChI is InChI=1S/C9H18N2O/c10-9(8-2-3-8)6-11(7-9)4-1-5-12/h8,12H,1-7,10H2. The molecule has 0 radical (unpaired) electrons. The molecule has 3 N–H and O–H groups in total. The highest BCUT2D eigenvalue weighted by Gasteiger charge is 2.49. The Morgan fingerprint density at radius 2 is 2.08 bits per heavy atom. The van der Waals surface area contributed by atoms with Gasteiger partial charge in [-0.25, -0.2) is 0 Å². The van der Waals surface area contributed by atoms with Crippen LogP contribution < -0.4 is 5.73 Å². The van der Waals surface area contributed by atoms with Gasteiger partial charge in [-0.3, -0.25) is 4.90 Å². The maximum absolute atomic E-state index is 8.63. The zero-order valence-electron chi connectivity index (χ0n) is 7.50. The number of hydrogen-bond acceptors (Lipinski definition) is 3. The van der Waals surface area contributed by atoms with Gasteiger partial charge in [0.1, 0.15) is 0 Å². The number of likely N-dealkylation sites (tertiary alicyclic amines) is 1. The number of nitrogens with two attached hydrogens (primary N) is 1. The van der Waals surface area contributed by atoms with Gasteiger partial charge < -0.3 is 10.8 Å². The smallest absolute Gasteiger partial charge is 0.0443 e. The molecule has 0 unspecified atom stereocenters. The Balaban J connectivity index is 1.68. The maximum Gasteiger partial charge on any atom is 0.0443 e. The highest BCUT2D eigenvalue weighted by Crippen LogP contribution is 2.42. The van der Waals surface area contributed by atoms with Crippen molar-refractivity contribution < 1.29 is 5.11 Å². The minimum absolute atomic E-state index is 0.148. The van der Waals surface area contributed by atoms with Crippen molar-refractivity contribution in [3.05, 3.63) is 0 Å². The van der Waals surface area contributed by atoms with Crippen LogP contribution in [-0.4, -0.2) is 41.8 Å². The molecule has 1 saturated carbocycles. The Morgan fingerprint density at radius 3 is 2.58 bits per heavy atom. The Morgan fingerprint density at radius 1 is 1.42 bits per heavy atom. The van der Waals surface area contributed by atoms with E-state index in [0.29, 0.717) is 6.61 Å². The fourth-order valence-corrected chi connectivity index (χ4v) is 2.16. The van der Waals surface area contributed by atoms with Crippen molar-refractivity contribution in [2.24, 2.45) is 11.7 Å². The lowest BCUT2D eigenvalue weighted by atomic mass is 9.86. The third-order valence-corrected chi connectivity index (χ3v) is 3.06. The van der Waals surface area contributed by atoms with Crippen molar-refractivity contribution in [2.45, 2.75) is 24.8 Å². The second-order valence-corrected chi connectivity index (χ2v) is 4.30. The molecular formula is C9H18N2O. The quantitative estimate of drug-likeness (QED) is 0.614. The lowest BCUT2D eigenvalue weighted by molar-refractivity contribution is 0.0494. The average molecular weight is 170 g/mol. The summed E-state index contributed by atoms with van der Waals surface area (Å²) >= 11 is 0. The molecule has 1 saturated heterocycles. The SMILES string of the molecule is NC1(C2CC2)CN(CCCO)C1. The molecule has 0 aromatic heterocycles. The van der Waals surface area contributed by atoms with Gasteiger partial charge in [0.2, 0.25) is 0 Å². The van der Waals surface area contributed by atoms with Crippen molar-refractivity contribution >= 4 is 0 Å². The molecule has 0 amide bonds. The molecule has 70 valence electrons. The first-order valence-electron chi connectivity index (χ1n) is 4.87. The average Bonchev–Trinajstić information content (AvgIpc) is 2.77. The summed E-state index contributed by atoms with van der Waals surface area (Å²) in [5, 5.41) is 8.63. The van der Waals surface area contributed by atoms with Gasteiger partial charge in [-0.1, -0.05) is 0 Å². The summed E-state index contributed by atoms with van der Waals surface area (Å²) < 4.78 is 0. The number of aliphatic hydroxyl groups is 1. The van der Waals surface area contributed by atoms with Gasteiger partial charge in [-0.2, -0.15) is 0 Å². The van der Waals surface area contributed by atoms with Gasteiger partial charge >= 0.3 is 0 Å². The molecule has 1 aliphatic carbocycles. The van der Waals surface area contributed by atoms with Crippen LogP contribution in [0.15, 0.2) is 0 Å². The zero-order chi connectivity index (χ0) is 8.60. The summed E-state index contributed by atoms with van der Waals surface area (Å²) in [5.74, 6) is 0.808. The van der Waals surface area contributed by atoms with Crippen LogP contribution in [0.3, 0.4) is 0 Å². The van der Waals surface area contributed by atoms with E-state index >= 15 is 0 Å². The fourth-order valence-electron chi connectivity index (χ4n) is 2.16. The molecule has 0 spiro atoms. The van der Waals surface area contributed by atoms with Crippen LogP contribution in [0.25, 0.3) is 0 Å². The first kappa shape index (κ1) is 8.48. The van der Waals surface area contributed by atoms with Crippen molar-refractivity contribution in [1.29, 1.82) is 0 Å². The molecule has 1 aliphatic heterocycles. The fraction of sp³-hybridized carbons (Fsp3) is 1.00. The molecule has 2 fully saturated rings. The molecule has 0 aromatic rings. The van der Waals surface area contributed by atoms with Gasteiger partial charge in [-0.05, 0) is 25.2 Å². The first-order chi connectivity index (χ1) is 5.74. The van der Waals surface area contributed by atoms with Crippen LogP contribution >= 0.6 is 0 Å². The number of aliphatic hydroxyl groups excluding tert-OH is 1. The number of hydrogen-bond donors (Lipinski definition) is 2. The Hall–Kier alpha value is -0.120. The Bertz CT molecular complexity index is 162. The molecule has 0 bridgehead atoms. The van der Waals surface area contributed by atoms with Crippen LogP contribution in [0.5, 0.6) is 0 Å². The zero-order valence-corrected chi connectivity index (χ0v) is 7.50. The summed E-state index contributed by atoms with van der Waals surface area (Å²) in [6.45, 7) is 3.43. The third kappa shape index (κ3) is 1.49. The molecular weight excluding hydrogens is 152 g/mol. The van der Waals surface area contributed by atoms with E-state index in [1.54, 1.807) is 0 Å². The van der Waals surface area contributed by atoms with Gasteiger partial charge in [0, 0.05) is 31.8 Å². The van der Waals surface area contributed by atoms with E-state index in [-0.39, 0.29) is 5.54 Å². The maximum atomic E-state index is 8.63. The molecule has 3 nitrogen and oxygen atoms in total. The van der Waals surface area contributed by atoms with E-state index in [0.717, 1.165) is 32.0 Å². The molecule has 3 heteroatoms. The van der Waals surface area contributed by atoms with E-state index in [1.165, 1.54) is 12.8 Å². The molecule has 2 rings (SSSR count). The minimum Gasteiger partial charge on any atom is -0.396 e. The number of nitrogens with zero attached hydrogens (tertiary/aromatic N) is 1. The second kappa shape index (κ2) is 2.98.